The topological polar surface area (TPSA) is 506 Å². The van der Waals surface area contributed by atoms with Gasteiger partial charge in [0, 0.05) is 95.6 Å². The number of thioether (sulfide) groups is 1. The Labute approximate surface area is 774 Å². The van der Waals surface area contributed by atoms with Crippen LogP contribution in [0, 0.1) is 11.8 Å². The lowest BCUT2D eigenvalue weighted by Crippen LogP contribution is -2.62. The van der Waals surface area contributed by atoms with E-state index in [1.54, 1.807) is 149 Å². The van der Waals surface area contributed by atoms with E-state index in [-0.39, 0.29) is 108 Å². The number of aromatic hydroxyl groups is 1. The fourth-order valence-electron chi connectivity index (χ4n) is 16.9. The van der Waals surface area contributed by atoms with Crippen LogP contribution < -0.4 is 59.3 Å². The number of nitrogens with two attached hydrogens (primary N) is 2. The van der Waals surface area contributed by atoms with Gasteiger partial charge in [-0.25, -0.2) is 0 Å². The molecule has 6 aromatic rings. The van der Waals surface area contributed by atoms with Gasteiger partial charge in [0.05, 0.1) is 12.3 Å². The van der Waals surface area contributed by atoms with Gasteiger partial charge in [-0.3, -0.25) is 76.7 Å². The zero-order valence-corrected chi connectivity index (χ0v) is 77.2. The summed E-state index contributed by atoms with van der Waals surface area (Å²) < 4.78 is 0. The number of rotatable bonds is 27. The molecule has 3 fully saturated rings. The Morgan fingerprint density at radius 2 is 0.985 bits per heavy atom. The number of unbranched alkanes of at least 4 members (excludes halogenated alkanes) is 3. The molecule has 0 saturated carbocycles. The second-order valence-electron chi connectivity index (χ2n) is 35.0. The quantitative estimate of drug-likeness (QED) is 0.0329. The largest absolute Gasteiger partial charge is 0.508 e. The number of hydrogen-bond acceptors (Lipinski definition) is 19. The number of phenolic OH excluding ortho intramolecular Hbond substituents is 1. The molecule has 3 aliphatic rings. The molecule has 15 amide bonds. The maximum absolute atomic E-state index is 15.8. The average Bonchev–Trinajstić information content (AvgIpc) is 1.39. The molecule has 0 radical (unpaired) electrons. The van der Waals surface area contributed by atoms with Crippen LogP contribution in [0.25, 0.3) is 10.9 Å². The smallest absolute Gasteiger partial charge is 0.303 e. The summed E-state index contributed by atoms with van der Waals surface area (Å²) in [6.45, 7) is 8.34. The first-order valence-electron chi connectivity index (χ1n) is 45.5. The van der Waals surface area contributed by atoms with E-state index in [4.69, 9.17) is 11.5 Å². The number of aliphatic carboxylic acids is 1. The lowest BCUT2D eigenvalue weighted by Gasteiger charge is -2.38. The summed E-state index contributed by atoms with van der Waals surface area (Å²) in [6.07, 6.45) is 2.88. The molecule has 0 bridgehead atoms. The Kier molecular flexibility index (Phi) is 39.5. The number of para-hydroxylation sites is 1. The summed E-state index contributed by atoms with van der Waals surface area (Å²) in [5.74, 6) is -15.6. The minimum Gasteiger partial charge on any atom is -0.508 e. The standard InChI is InChI=1S/C96H129N17O18S/c1-9-10-14-36-77-95(130)113-47-26-38-76(113)89(124)102-68(35-23-24-45-97)85(120)108-83(59(4)5)96(131)110(7)78(51-61-29-17-12-18-30-61)91(126)103-69(43-44-82(117)118)93(128)112-46-25-37-75(112)90(125)106-72(53-64-54-99-67-34-22-21-33-66(64)67)88(123)105-71(49-63-39-41-65(114)42-40-63)87(122)104-70(48-58(2)3)86(121)107-74(84(119)100-55-80(98)115)56-132-57-81(116)101-73(50-60-27-15-11-16-28-60)92(127)111(8)79(94(129)109(77)6)52-62-31-19-13-20-32-62/h11-13,15-22,27-34,39-42,54,58-59,68-79,83,99,114H,9-10,14,23-26,35-38,43-53,55-57,97H2,1-8H3,(H2,98,115)(H,100,119)(H,101,116)(H,102,124)(H,103,126)(H,104,122)(H,105,123)(H,106,125)(H,107,121)(H,108,120)(H,117,118)/t68-,69-,70-,71-,72-,73-,74-,75+,76+,77-,78-,79-,83-/m0/s1. The van der Waals surface area contributed by atoms with Gasteiger partial charge in [0.2, 0.25) is 88.6 Å². The Morgan fingerprint density at radius 3 is 1.57 bits per heavy atom. The molecule has 36 heteroatoms. The van der Waals surface area contributed by atoms with Crippen molar-refractivity contribution in [3.05, 3.63) is 174 Å². The SMILES string of the molecule is CCCCC[C@H]1C(=O)N2CCC[C@@H]2C(=O)N[C@@H](CCCCN)C(=O)N[C@@H](C(C)C)C(=O)N(C)[C@@H](Cc2ccccc2)C(=O)N[C@@H](CCC(=O)O)C(=O)N2CCC[C@@H]2C(=O)N[C@@H](Cc2c[nH]c3ccccc23)C(=O)N[C@@H](Cc2ccc(O)cc2)C(=O)N[C@@H](CC(C)C)C(=O)N[C@H](C(=O)NCC(N)=O)CSCC(=O)N[C@@H](Cc2ccccc2)C(=O)N(C)[C@@H](Cc2ccccc2)C(=O)N1C. The van der Waals surface area contributed by atoms with E-state index < -0.39 is 204 Å². The van der Waals surface area contributed by atoms with E-state index >= 15 is 57.5 Å². The second-order valence-corrected chi connectivity index (χ2v) is 36.1. The van der Waals surface area contributed by atoms with E-state index in [2.05, 4.69) is 52.8 Å². The number of carboxylic acid groups (broad SMARTS) is 1. The summed E-state index contributed by atoms with van der Waals surface area (Å²) >= 11 is 0.853. The number of hydrogen-bond donors (Lipinski definition) is 14. The van der Waals surface area contributed by atoms with Crippen LogP contribution in [-0.2, 0) is 109 Å². The molecule has 3 saturated heterocycles. The summed E-state index contributed by atoms with van der Waals surface area (Å²) in [5.41, 5.74) is 14.9. The van der Waals surface area contributed by atoms with E-state index in [0.29, 0.717) is 70.8 Å². The Hall–Kier alpha value is -12.7. The molecular weight excluding hydrogens is 1710 g/mol. The number of amides is 15. The fraction of sp³-hybridized carbons (Fsp3) is 0.500. The van der Waals surface area contributed by atoms with E-state index in [9.17, 15) is 29.4 Å². The number of benzene rings is 5. The van der Waals surface area contributed by atoms with Crippen molar-refractivity contribution in [3.63, 3.8) is 0 Å². The highest BCUT2D eigenvalue weighted by Crippen LogP contribution is 2.29. The number of carbonyl (C=O) groups is 16. The van der Waals surface area contributed by atoms with Gasteiger partial charge >= 0.3 is 5.97 Å². The maximum Gasteiger partial charge on any atom is 0.303 e. The first kappa shape index (κ1) is 103. The normalized spacial score (nSPS) is 23.7. The van der Waals surface area contributed by atoms with Crippen molar-refractivity contribution in [1.29, 1.82) is 0 Å². The van der Waals surface area contributed by atoms with Gasteiger partial charge in [-0.2, -0.15) is 0 Å². The maximum atomic E-state index is 15.8. The molecule has 712 valence electrons. The monoisotopic (exact) mass is 1840 g/mol. The highest BCUT2D eigenvalue weighted by molar-refractivity contribution is 8.00. The van der Waals surface area contributed by atoms with Crippen molar-refractivity contribution in [2.75, 3.05) is 58.8 Å². The second kappa shape index (κ2) is 50.6. The third kappa shape index (κ3) is 29.6. The first-order chi connectivity index (χ1) is 63.1. The molecule has 132 heavy (non-hydrogen) atoms. The van der Waals surface area contributed by atoms with Gasteiger partial charge in [-0.15, -0.1) is 11.8 Å². The van der Waals surface area contributed by atoms with Crippen LogP contribution in [-0.4, -0.2) is 272 Å². The minimum atomic E-state index is -1.67. The number of primary amides is 1. The number of H-pyrrole nitrogens is 1. The number of phenols is 1. The van der Waals surface area contributed by atoms with Crippen LogP contribution in [0.15, 0.2) is 146 Å². The van der Waals surface area contributed by atoms with Crippen LogP contribution in [0.2, 0.25) is 0 Å². The molecule has 5 aromatic carbocycles. The molecule has 16 N–H and O–H groups in total. The third-order valence-electron chi connectivity index (χ3n) is 24.3. The number of aromatic nitrogens is 1. The number of aromatic amines is 1. The number of nitrogens with one attached hydrogen (secondary N) is 10. The van der Waals surface area contributed by atoms with E-state index in [0.717, 1.165) is 23.1 Å². The summed E-state index contributed by atoms with van der Waals surface area (Å²) in [7, 11) is 4.24. The molecule has 4 heterocycles. The molecule has 35 nitrogen and oxygen atoms in total. The first-order valence-corrected chi connectivity index (χ1v) is 46.6. The zero-order valence-electron chi connectivity index (χ0n) is 76.4. The summed E-state index contributed by atoms with van der Waals surface area (Å²) in [5, 5.41) is 46.2. The van der Waals surface area contributed by atoms with Gasteiger partial charge in [0.15, 0.2) is 0 Å². The third-order valence-corrected chi connectivity index (χ3v) is 25.3. The zero-order chi connectivity index (χ0) is 95.8. The Balaban J connectivity index is 1.13. The lowest BCUT2D eigenvalue weighted by molar-refractivity contribution is -0.152. The van der Waals surface area contributed by atoms with Gasteiger partial charge in [-0.05, 0) is 129 Å². The van der Waals surface area contributed by atoms with Crippen LogP contribution in [0.3, 0.4) is 0 Å². The number of carboxylic acids is 1. The summed E-state index contributed by atoms with van der Waals surface area (Å²) in [6, 6.07) is 20.5. The van der Waals surface area contributed by atoms with Crippen molar-refractivity contribution in [2.45, 2.75) is 235 Å². The van der Waals surface area contributed by atoms with Crippen LogP contribution in [0.1, 0.15) is 152 Å². The lowest BCUT2D eigenvalue weighted by atomic mass is 9.98. The van der Waals surface area contributed by atoms with Crippen molar-refractivity contribution >= 4 is 117 Å². The van der Waals surface area contributed by atoms with Crippen LogP contribution in [0.4, 0.5) is 0 Å². The van der Waals surface area contributed by atoms with Crippen LogP contribution in [0.5, 0.6) is 5.75 Å². The molecule has 0 unspecified atom stereocenters. The van der Waals surface area contributed by atoms with Gasteiger partial charge in [0.25, 0.3) is 0 Å². The minimum absolute atomic E-state index is 0.00478. The highest BCUT2D eigenvalue weighted by Gasteiger charge is 2.46. The number of likely N-dealkylation sites (N-methyl/N-ethyl adjacent to an activating group) is 3. The Bertz CT molecular complexity index is 4970. The molecular formula is C96H129N17O18S. The van der Waals surface area contributed by atoms with Crippen molar-refractivity contribution in [3.8, 4) is 5.75 Å². The van der Waals surface area contributed by atoms with Crippen molar-refractivity contribution in [1.82, 2.24) is 77.3 Å². The number of nitrogens with zero attached hydrogens (tertiary/aromatic N) is 5. The molecule has 13 atom stereocenters. The van der Waals surface area contributed by atoms with E-state index in [1.807, 2.05) is 6.92 Å². The molecule has 1 aromatic heterocycles. The fourth-order valence-corrected chi connectivity index (χ4v) is 17.8. The van der Waals surface area contributed by atoms with Gasteiger partial charge in [0.1, 0.15) is 84.3 Å². The van der Waals surface area contributed by atoms with Gasteiger partial charge in [-0.1, -0.05) is 175 Å². The number of carbonyl (C=O) groups excluding carboxylic acids is 15. The summed E-state index contributed by atoms with van der Waals surface area (Å²) in [4.78, 5) is 248. The van der Waals surface area contributed by atoms with E-state index in [1.165, 1.54) is 65.0 Å². The van der Waals surface area contributed by atoms with Crippen LogP contribution >= 0.6 is 11.8 Å². The molecule has 0 aliphatic carbocycles. The van der Waals surface area contributed by atoms with Crippen molar-refractivity contribution < 1.29 is 86.9 Å². The predicted octanol–water partition coefficient (Wildman–Crippen LogP) is 3.35. The molecule has 3 aliphatic heterocycles. The van der Waals surface area contributed by atoms with Gasteiger partial charge < -0.3 is 99.0 Å². The predicted molar refractivity (Wildman–Crippen MR) is 497 cm³/mol. The average molecular weight is 1840 g/mol. The highest BCUT2D eigenvalue weighted by atomic mass is 32.2. The van der Waals surface area contributed by atoms with Crippen molar-refractivity contribution in [2.24, 2.45) is 23.3 Å². The Morgan fingerprint density at radius 1 is 0.485 bits per heavy atom. The molecule has 9 rings (SSSR count). The molecule has 0 spiro atoms. The number of fused-ring (bicyclic) bond motifs is 3.